The third-order valence-corrected chi connectivity index (χ3v) is 6.23. The molecular weight excluding hydrogens is 441 g/mol. The van der Waals surface area contributed by atoms with Gasteiger partial charge in [0, 0.05) is 37.9 Å². The molecule has 9 heteroatoms. The van der Waals surface area contributed by atoms with Gasteiger partial charge in [-0.3, -0.25) is 4.90 Å². The number of aliphatic hydroxyl groups excluding tert-OH is 1. The molecule has 2 unspecified atom stereocenters. The van der Waals surface area contributed by atoms with Crippen molar-refractivity contribution in [1.82, 2.24) is 24.9 Å². The van der Waals surface area contributed by atoms with Crippen LogP contribution in [0, 0.1) is 5.92 Å². The summed E-state index contributed by atoms with van der Waals surface area (Å²) >= 11 is 3.60. The normalized spacial score (nSPS) is 22.4. The van der Waals surface area contributed by atoms with Gasteiger partial charge in [0.1, 0.15) is 17.4 Å². The van der Waals surface area contributed by atoms with Crippen molar-refractivity contribution < 1.29 is 14.2 Å². The molecular formula is C20H21BrFN5O2. The zero-order valence-corrected chi connectivity index (χ0v) is 17.3. The maximum absolute atomic E-state index is 13.6. The van der Waals surface area contributed by atoms with Crippen molar-refractivity contribution in [3.05, 3.63) is 40.5 Å². The average molecular weight is 462 g/mol. The number of rotatable bonds is 6. The zero-order chi connectivity index (χ0) is 20.0. The van der Waals surface area contributed by atoms with E-state index < -0.39 is 12.3 Å². The average Bonchev–Trinajstić information content (AvgIpc) is 3.34. The van der Waals surface area contributed by atoms with Gasteiger partial charge in [-0.25, -0.2) is 14.1 Å². The largest absolute Gasteiger partial charge is 0.437 e. The van der Waals surface area contributed by atoms with Crippen molar-refractivity contribution in [2.24, 2.45) is 5.92 Å². The van der Waals surface area contributed by atoms with E-state index in [-0.39, 0.29) is 6.54 Å². The highest BCUT2D eigenvalue weighted by Gasteiger charge is 2.31. The van der Waals surface area contributed by atoms with Gasteiger partial charge in [0.15, 0.2) is 0 Å². The van der Waals surface area contributed by atoms with E-state index in [9.17, 15) is 9.50 Å². The van der Waals surface area contributed by atoms with Crippen LogP contribution in [0.15, 0.2) is 34.9 Å². The van der Waals surface area contributed by atoms with Crippen LogP contribution in [0.25, 0.3) is 11.0 Å². The predicted molar refractivity (Wildman–Crippen MR) is 108 cm³/mol. The van der Waals surface area contributed by atoms with E-state index in [1.165, 1.54) is 12.8 Å². The van der Waals surface area contributed by atoms with Crippen molar-refractivity contribution in [1.29, 1.82) is 0 Å². The molecule has 1 aliphatic heterocycles. The Kier molecular flexibility index (Phi) is 4.97. The zero-order valence-electron chi connectivity index (χ0n) is 15.7. The molecule has 29 heavy (non-hydrogen) atoms. The topological polar surface area (TPSA) is 76.3 Å². The molecule has 1 saturated heterocycles. The van der Waals surface area contributed by atoms with Gasteiger partial charge in [-0.15, -0.1) is 5.10 Å². The number of nitrogens with zero attached hydrogens (tertiary/aromatic N) is 5. The summed E-state index contributed by atoms with van der Waals surface area (Å²) in [5, 5.41) is 18.3. The molecule has 2 aromatic heterocycles. The van der Waals surface area contributed by atoms with Crippen LogP contribution < -0.4 is 4.74 Å². The Morgan fingerprint density at radius 1 is 1.24 bits per heavy atom. The third kappa shape index (κ3) is 3.86. The van der Waals surface area contributed by atoms with Crippen LogP contribution in [-0.4, -0.2) is 55.3 Å². The predicted octanol–water partition coefficient (Wildman–Crippen LogP) is 3.31. The van der Waals surface area contributed by atoms with E-state index >= 15 is 0 Å². The van der Waals surface area contributed by atoms with E-state index in [1.807, 2.05) is 33.8 Å². The first-order chi connectivity index (χ1) is 14.1. The molecule has 3 heterocycles. The Morgan fingerprint density at radius 3 is 2.86 bits per heavy atom. The van der Waals surface area contributed by atoms with Crippen LogP contribution in [-0.2, 0) is 13.1 Å². The Hall–Kier alpha value is -2.10. The van der Waals surface area contributed by atoms with Crippen LogP contribution >= 0.6 is 15.9 Å². The molecule has 0 spiro atoms. The molecule has 1 N–H and O–H groups in total. The number of β-amino-alcohol motifs (C(OH)–C–C–N with tert-alkyl or cyclic N) is 1. The molecule has 2 atom stereocenters. The van der Waals surface area contributed by atoms with E-state index in [1.54, 1.807) is 6.20 Å². The molecule has 3 aromatic rings. The maximum Gasteiger partial charge on any atom is 0.223 e. The molecule has 0 amide bonds. The summed E-state index contributed by atoms with van der Waals surface area (Å²) in [7, 11) is 0. The summed E-state index contributed by atoms with van der Waals surface area (Å²) in [6, 6.07) is 7.57. The lowest BCUT2D eigenvalue weighted by molar-refractivity contribution is 0.115. The SMILES string of the molecule is OC1CN(Cc2cccnc2Oc2ccc3c(nnn3CC3CC3)c2Br)CC1F. The van der Waals surface area contributed by atoms with Gasteiger partial charge in [-0.2, -0.15) is 0 Å². The summed E-state index contributed by atoms with van der Waals surface area (Å²) in [5.74, 6) is 1.76. The van der Waals surface area contributed by atoms with Crippen LogP contribution in [0.5, 0.6) is 11.6 Å². The number of alkyl halides is 1. The van der Waals surface area contributed by atoms with Gasteiger partial charge in [0.25, 0.3) is 0 Å². The summed E-state index contributed by atoms with van der Waals surface area (Å²) in [4.78, 5) is 6.22. The molecule has 1 aromatic carbocycles. The van der Waals surface area contributed by atoms with Gasteiger partial charge in [-0.1, -0.05) is 11.3 Å². The number of ether oxygens (including phenoxy) is 1. The minimum atomic E-state index is -1.22. The molecule has 0 bridgehead atoms. The van der Waals surface area contributed by atoms with E-state index in [2.05, 4.69) is 31.2 Å². The second-order valence-corrected chi connectivity index (χ2v) is 8.60. The number of aliphatic hydroxyl groups is 1. The fourth-order valence-electron chi connectivity index (χ4n) is 3.68. The lowest BCUT2D eigenvalue weighted by Crippen LogP contribution is -2.21. The van der Waals surface area contributed by atoms with Crippen molar-refractivity contribution >= 4 is 27.0 Å². The van der Waals surface area contributed by atoms with Crippen molar-refractivity contribution in [3.8, 4) is 11.6 Å². The number of benzene rings is 1. The van der Waals surface area contributed by atoms with Gasteiger partial charge in [0.2, 0.25) is 5.88 Å². The van der Waals surface area contributed by atoms with Crippen LogP contribution in [0.1, 0.15) is 18.4 Å². The Morgan fingerprint density at radius 2 is 2.10 bits per heavy atom. The highest BCUT2D eigenvalue weighted by atomic mass is 79.9. The summed E-state index contributed by atoms with van der Waals surface area (Å²) in [5.41, 5.74) is 2.55. The second kappa shape index (κ2) is 7.62. The van der Waals surface area contributed by atoms with Crippen LogP contribution in [0.2, 0.25) is 0 Å². The van der Waals surface area contributed by atoms with Gasteiger partial charge < -0.3 is 9.84 Å². The maximum atomic E-state index is 13.6. The van der Waals surface area contributed by atoms with Gasteiger partial charge >= 0.3 is 0 Å². The van der Waals surface area contributed by atoms with Crippen molar-refractivity contribution in [2.75, 3.05) is 13.1 Å². The molecule has 1 saturated carbocycles. The smallest absolute Gasteiger partial charge is 0.223 e. The van der Waals surface area contributed by atoms with Crippen LogP contribution in [0.3, 0.4) is 0 Å². The fourth-order valence-corrected chi connectivity index (χ4v) is 4.17. The Balaban J connectivity index is 1.39. The molecule has 152 valence electrons. The van der Waals surface area contributed by atoms with E-state index in [0.29, 0.717) is 30.6 Å². The molecule has 2 fully saturated rings. The van der Waals surface area contributed by atoms with E-state index in [4.69, 9.17) is 4.74 Å². The highest BCUT2D eigenvalue weighted by Crippen LogP contribution is 2.37. The van der Waals surface area contributed by atoms with Crippen molar-refractivity contribution in [3.63, 3.8) is 0 Å². The lowest BCUT2D eigenvalue weighted by Gasteiger charge is -2.17. The number of fused-ring (bicyclic) bond motifs is 1. The molecule has 7 nitrogen and oxygen atoms in total. The molecule has 5 rings (SSSR count). The minimum Gasteiger partial charge on any atom is -0.437 e. The molecule has 0 radical (unpaired) electrons. The number of pyridine rings is 1. The molecule has 1 aliphatic carbocycles. The van der Waals surface area contributed by atoms with Gasteiger partial charge in [0.05, 0.1) is 16.1 Å². The molecule has 2 aliphatic rings. The first kappa shape index (κ1) is 18.9. The Labute approximate surface area is 175 Å². The summed E-state index contributed by atoms with van der Waals surface area (Å²) in [6.45, 7) is 1.85. The third-order valence-electron chi connectivity index (χ3n) is 5.46. The fraction of sp³-hybridized carbons (Fsp3) is 0.450. The first-order valence-corrected chi connectivity index (χ1v) is 10.6. The number of hydrogen-bond donors (Lipinski definition) is 1. The summed E-state index contributed by atoms with van der Waals surface area (Å²) in [6.07, 6.45) is 2.01. The van der Waals surface area contributed by atoms with Crippen LogP contribution in [0.4, 0.5) is 4.39 Å². The highest BCUT2D eigenvalue weighted by molar-refractivity contribution is 9.10. The van der Waals surface area contributed by atoms with Gasteiger partial charge in [-0.05, 0) is 52.9 Å². The van der Waals surface area contributed by atoms with Crippen molar-refractivity contribution in [2.45, 2.75) is 38.2 Å². The standard InChI is InChI=1S/C20H21BrFN5O2/c21-18-17(6-5-15-19(18)24-25-27(15)8-12-3-4-12)29-20-13(2-1-7-23-20)9-26-10-14(22)16(28)11-26/h1-2,5-7,12,14,16,28H,3-4,8-11H2. The monoisotopic (exact) mass is 461 g/mol. The second-order valence-electron chi connectivity index (χ2n) is 7.81. The number of aromatic nitrogens is 4. The quantitative estimate of drug-likeness (QED) is 0.606. The number of likely N-dealkylation sites (tertiary alicyclic amines) is 1. The first-order valence-electron chi connectivity index (χ1n) is 9.76. The lowest BCUT2D eigenvalue weighted by atomic mass is 10.2. The minimum absolute atomic E-state index is 0.204. The summed E-state index contributed by atoms with van der Waals surface area (Å²) < 4.78 is 22.4. The number of hydrogen-bond acceptors (Lipinski definition) is 6. The van der Waals surface area contributed by atoms with E-state index in [0.717, 1.165) is 27.6 Å². The number of halogens is 2. The Bertz CT molecular complexity index is 1030.